The lowest BCUT2D eigenvalue weighted by atomic mass is 10.3. The smallest absolute Gasteiger partial charge is 0.264 e. The van der Waals surface area contributed by atoms with Gasteiger partial charge in [-0.25, -0.2) is 13.8 Å². The van der Waals surface area contributed by atoms with Crippen molar-refractivity contribution in [2.45, 2.75) is 11.8 Å². The number of carbonyl (C=O) groups is 1. The fourth-order valence-electron chi connectivity index (χ4n) is 2.71. The van der Waals surface area contributed by atoms with Gasteiger partial charge in [0.25, 0.3) is 15.9 Å². The number of benzene rings is 2. The number of amides is 1. The van der Waals surface area contributed by atoms with Crippen LogP contribution in [-0.2, 0) is 14.8 Å². The third kappa shape index (κ3) is 6.05. The molecule has 8 nitrogen and oxygen atoms in total. The fourth-order valence-corrected chi connectivity index (χ4v) is 4.26. The third-order valence-electron chi connectivity index (χ3n) is 4.20. The summed E-state index contributed by atoms with van der Waals surface area (Å²) in [5.41, 5.74) is 3.18. The Morgan fingerprint density at radius 1 is 1.12 bits per heavy atom. The van der Waals surface area contributed by atoms with Gasteiger partial charge in [0.05, 0.1) is 29.1 Å². The molecule has 166 valence electrons. The molecule has 3 rings (SSSR count). The highest BCUT2D eigenvalue weighted by Gasteiger charge is 2.27. The van der Waals surface area contributed by atoms with Crippen molar-refractivity contribution in [1.29, 1.82) is 0 Å². The molecule has 3 aromatic rings. The van der Waals surface area contributed by atoms with Gasteiger partial charge in [-0.1, -0.05) is 17.7 Å². The standard InChI is InChI=1S/C22H21ClN4O4S/c1-2-31-20-10-8-19(9-11-20)27(32(29,30)21-12-6-17(23)7-13-21)16-22(28)26-25-15-18-5-3-4-14-24-18/h3-15H,2,16H2,1H3,(H,26,28). The van der Waals surface area contributed by atoms with Crippen LogP contribution < -0.4 is 14.5 Å². The summed E-state index contributed by atoms with van der Waals surface area (Å²) in [7, 11) is -4.06. The molecule has 2 aromatic carbocycles. The topological polar surface area (TPSA) is 101 Å². The average Bonchev–Trinajstić information content (AvgIpc) is 2.79. The first-order valence-corrected chi connectivity index (χ1v) is 11.5. The van der Waals surface area contributed by atoms with E-state index < -0.39 is 22.5 Å². The molecule has 32 heavy (non-hydrogen) atoms. The van der Waals surface area contributed by atoms with Gasteiger partial charge in [-0.3, -0.25) is 14.1 Å². The number of nitrogens with one attached hydrogen (secondary N) is 1. The Kier molecular flexibility index (Phi) is 7.80. The van der Waals surface area contributed by atoms with E-state index in [1.165, 1.54) is 30.5 Å². The number of hydrogen-bond acceptors (Lipinski definition) is 6. The van der Waals surface area contributed by atoms with Crippen LogP contribution in [0.1, 0.15) is 12.6 Å². The molecular formula is C22H21ClN4O4S. The zero-order chi connectivity index (χ0) is 23.0. The maximum atomic E-state index is 13.3. The minimum absolute atomic E-state index is 0.000529. The lowest BCUT2D eigenvalue weighted by Gasteiger charge is -2.24. The first kappa shape index (κ1) is 23.2. The number of rotatable bonds is 9. The summed E-state index contributed by atoms with van der Waals surface area (Å²) in [4.78, 5) is 16.6. The Morgan fingerprint density at radius 3 is 2.47 bits per heavy atom. The summed E-state index contributed by atoms with van der Waals surface area (Å²) in [5.74, 6) is -0.0342. The first-order chi connectivity index (χ1) is 15.4. The molecular weight excluding hydrogens is 452 g/mol. The van der Waals surface area contributed by atoms with Gasteiger partial charge in [0.2, 0.25) is 0 Å². The summed E-state index contributed by atoms with van der Waals surface area (Å²) >= 11 is 5.89. The summed E-state index contributed by atoms with van der Waals surface area (Å²) in [6, 6.07) is 17.4. The minimum Gasteiger partial charge on any atom is -0.494 e. The molecule has 10 heteroatoms. The SMILES string of the molecule is CCOc1ccc(N(CC(=O)NN=Cc2ccccn2)S(=O)(=O)c2ccc(Cl)cc2)cc1. The molecule has 1 heterocycles. The van der Waals surface area contributed by atoms with E-state index in [0.29, 0.717) is 28.8 Å². The zero-order valence-electron chi connectivity index (χ0n) is 17.2. The van der Waals surface area contributed by atoms with Crippen molar-refractivity contribution in [1.82, 2.24) is 10.4 Å². The van der Waals surface area contributed by atoms with Crippen LogP contribution in [0.15, 0.2) is 82.9 Å². The van der Waals surface area contributed by atoms with E-state index in [2.05, 4.69) is 15.5 Å². The highest BCUT2D eigenvalue weighted by atomic mass is 35.5. The van der Waals surface area contributed by atoms with Crippen molar-refractivity contribution in [3.8, 4) is 5.75 Å². The summed E-state index contributed by atoms with van der Waals surface area (Å²) in [6.07, 6.45) is 2.96. The highest BCUT2D eigenvalue weighted by Crippen LogP contribution is 2.26. The number of sulfonamides is 1. The number of nitrogens with zero attached hydrogens (tertiary/aromatic N) is 3. The second kappa shape index (κ2) is 10.7. The Balaban J connectivity index is 1.85. The summed E-state index contributed by atoms with van der Waals surface area (Å²) in [5, 5.41) is 4.25. The second-order valence-corrected chi connectivity index (χ2v) is 8.74. The van der Waals surface area contributed by atoms with Crippen LogP contribution in [0.4, 0.5) is 5.69 Å². The van der Waals surface area contributed by atoms with E-state index in [4.69, 9.17) is 16.3 Å². The van der Waals surface area contributed by atoms with Crippen LogP contribution in [0, 0.1) is 0 Å². The average molecular weight is 473 g/mol. The molecule has 1 N–H and O–H groups in total. The van der Waals surface area contributed by atoms with Crippen molar-refractivity contribution >= 4 is 39.4 Å². The van der Waals surface area contributed by atoms with Gasteiger partial charge in [-0.15, -0.1) is 0 Å². The van der Waals surface area contributed by atoms with Gasteiger partial charge >= 0.3 is 0 Å². The van der Waals surface area contributed by atoms with Crippen molar-refractivity contribution in [2.24, 2.45) is 5.10 Å². The number of pyridine rings is 1. The Morgan fingerprint density at radius 2 is 1.84 bits per heavy atom. The molecule has 0 spiro atoms. The van der Waals surface area contributed by atoms with E-state index >= 15 is 0 Å². The van der Waals surface area contributed by atoms with Gasteiger partial charge in [0.15, 0.2) is 0 Å². The molecule has 0 aliphatic heterocycles. The molecule has 0 saturated heterocycles. The molecule has 0 aliphatic carbocycles. The van der Waals surface area contributed by atoms with E-state index in [0.717, 1.165) is 4.31 Å². The Labute approximate surface area is 191 Å². The van der Waals surface area contributed by atoms with E-state index in [9.17, 15) is 13.2 Å². The lowest BCUT2D eigenvalue weighted by Crippen LogP contribution is -2.39. The van der Waals surface area contributed by atoms with E-state index in [-0.39, 0.29) is 4.90 Å². The Bertz CT molecular complexity index is 1170. The number of hydrazone groups is 1. The van der Waals surface area contributed by atoms with Crippen molar-refractivity contribution in [3.63, 3.8) is 0 Å². The van der Waals surface area contributed by atoms with E-state index in [1.807, 2.05) is 6.92 Å². The van der Waals surface area contributed by atoms with Gasteiger partial charge in [0.1, 0.15) is 12.3 Å². The maximum absolute atomic E-state index is 13.3. The molecule has 0 fully saturated rings. The van der Waals surface area contributed by atoms with Crippen molar-refractivity contribution < 1.29 is 17.9 Å². The number of hydrogen-bond donors (Lipinski definition) is 1. The molecule has 0 bridgehead atoms. The first-order valence-electron chi connectivity index (χ1n) is 9.64. The van der Waals surface area contributed by atoms with Crippen LogP contribution in [-0.4, -0.2) is 38.7 Å². The quantitative estimate of drug-likeness (QED) is 0.379. The van der Waals surface area contributed by atoms with Gasteiger partial charge in [0, 0.05) is 11.2 Å². The minimum atomic E-state index is -4.06. The number of halogens is 1. The molecule has 0 saturated carbocycles. The largest absolute Gasteiger partial charge is 0.494 e. The van der Waals surface area contributed by atoms with Crippen LogP contribution in [0.3, 0.4) is 0 Å². The van der Waals surface area contributed by atoms with Crippen LogP contribution in [0.2, 0.25) is 5.02 Å². The summed E-state index contributed by atoms with van der Waals surface area (Å²) < 4.78 is 33.0. The zero-order valence-corrected chi connectivity index (χ0v) is 18.8. The lowest BCUT2D eigenvalue weighted by molar-refractivity contribution is -0.119. The fraction of sp³-hybridized carbons (Fsp3) is 0.136. The number of carbonyl (C=O) groups excluding carboxylic acids is 1. The monoisotopic (exact) mass is 472 g/mol. The molecule has 0 atom stereocenters. The summed E-state index contributed by atoms with van der Waals surface area (Å²) in [6.45, 7) is 1.84. The second-order valence-electron chi connectivity index (χ2n) is 6.44. The predicted molar refractivity (Wildman–Crippen MR) is 124 cm³/mol. The normalized spacial score (nSPS) is 11.3. The Hall–Kier alpha value is -3.43. The molecule has 1 aromatic heterocycles. The number of anilines is 1. The van der Waals surface area contributed by atoms with Crippen LogP contribution in [0.25, 0.3) is 0 Å². The highest BCUT2D eigenvalue weighted by molar-refractivity contribution is 7.92. The molecule has 0 aliphatic rings. The maximum Gasteiger partial charge on any atom is 0.264 e. The van der Waals surface area contributed by atoms with Gasteiger partial charge < -0.3 is 4.74 Å². The molecule has 1 amide bonds. The third-order valence-corrected chi connectivity index (χ3v) is 6.24. The van der Waals surface area contributed by atoms with Crippen LogP contribution >= 0.6 is 11.6 Å². The van der Waals surface area contributed by atoms with Gasteiger partial charge in [-0.05, 0) is 67.6 Å². The number of ether oxygens (including phenoxy) is 1. The van der Waals surface area contributed by atoms with E-state index in [1.54, 1.807) is 48.7 Å². The van der Waals surface area contributed by atoms with Crippen molar-refractivity contribution in [2.75, 3.05) is 17.5 Å². The van der Waals surface area contributed by atoms with Gasteiger partial charge in [-0.2, -0.15) is 5.10 Å². The predicted octanol–water partition coefficient (Wildman–Crippen LogP) is 3.48. The molecule has 0 radical (unpaired) electrons. The number of aromatic nitrogens is 1. The van der Waals surface area contributed by atoms with Crippen molar-refractivity contribution in [3.05, 3.63) is 83.6 Å². The van der Waals surface area contributed by atoms with Crippen LogP contribution in [0.5, 0.6) is 5.75 Å². The molecule has 0 unspecified atom stereocenters.